The summed E-state index contributed by atoms with van der Waals surface area (Å²) in [7, 11) is 0. The summed E-state index contributed by atoms with van der Waals surface area (Å²) < 4.78 is 0. The highest BCUT2D eigenvalue weighted by atomic mass is 16.4. The summed E-state index contributed by atoms with van der Waals surface area (Å²) in [6, 6.07) is -0.842. The van der Waals surface area contributed by atoms with Crippen LogP contribution in [-0.4, -0.2) is 65.0 Å². The molecular weight excluding hydrogens is 310 g/mol. The minimum absolute atomic E-state index is 0.108. The van der Waals surface area contributed by atoms with Gasteiger partial charge in [0.25, 0.3) is 0 Å². The predicted octanol–water partition coefficient (Wildman–Crippen LogP) is 1.53. The maximum absolute atomic E-state index is 12.8. The number of amides is 3. The van der Waals surface area contributed by atoms with Crippen molar-refractivity contribution < 1.29 is 19.5 Å². The van der Waals surface area contributed by atoms with Crippen molar-refractivity contribution >= 4 is 17.9 Å². The van der Waals surface area contributed by atoms with Gasteiger partial charge in [0.2, 0.25) is 5.91 Å². The molecular formula is C17H29N3O4. The Morgan fingerprint density at radius 3 is 2.54 bits per heavy atom. The van der Waals surface area contributed by atoms with Crippen molar-refractivity contribution in [1.82, 2.24) is 15.1 Å². The Morgan fingerprint density at radius 2 is 1.88 bits per heavy atom. The molecule has 0 spiro atoms. The number of rotatable bonds is 4. The van der Waals surface area contributed by atoms with Crippen molar-refractivity contribution in [3.8, 4) is 0 Å². The highest BCUT2D eigenvalue weighted by molar-refractivity contribution is 5.86. The number of carbonyl (C=O) groups excluding carboxylic acids is 2. The van der Waals surface area contributed by atoms with E-state index in [0.29, 0.717) is 38.5 Å². The number of nitrogens with zero attached hydrogens (tertiary/aromatic N) is 2. The molecule has 3 amide bonds. The predicted molar refractivity (Wildman–Crippen MR) is 89.5 cm³/mol. The molecule has 2 rings (SSSR count). The fraction of sp³-hybridized carbons (Fsp3) is 0.824. The average Bonchev–Trinajstić information content (AvgIpc) is 2.59. The Morgan fingerprint density at radius 1 is 1.12 bits per heavy atom. The van der Waals surface area contributed by atoms with Gasteiger partial charge >= 0.3 is 12.0 Å². The van der Waals surface area contributed by atoms with Crippen molar-refractivity contribution in [3.05, 3.63) is 0 Å². The average molecular weight is 339 g/mol. The second kappa shape index (κ2) is 8.35. The van der Waals surface area contributed by atoms with Crippen LogP contribution in [-0.2, 0) is 9.59 Å². The Hall–Kier alpha value is -1.79. The first-order valence-electron chi connectivity index (χ1n) is 8.96. The lowest BCUT2D eigenvalue weighted by Crippen LogP contribution is -2.54. The van der Waals surface area contributed by atoms with Crippen molar-refractivity contribution in [1.29, 1.82) is 0 Å². The molecule has 2 atom stereocenters. The molecule has 7 nitrogen and oxygen atoms in total. The van der Waals surface area contributed by atoms with Crippen molar-refractivity contribution in [2.24, 2.45) is 11.8 Å². The van der Waals surface area contributed by atoms with E-state index >= 15 is 0 Å². The fourth-order valence-electron chi connectivity index (χ4n) is 3.45. The molecule has 0 aromatic carbocycles. The first kappa shape index (κ1) is 18.5. The zero-order valence-electron chi connectivity index (χ0n) is 14.7. The number of hydrogen-bond acceptors (Lipinski definition) is 3. The third-order valence-electron chi connectivity index (χ3n) is 4.79. The smallest absolute Gasteiger partial charge is 0.326 e. The van der Waals surface area contributed by atoms with E-state index in [-0.39, 0.29) is 17.9 Å². The number of nitrogens with one attached hydrogen (secondary N) is 1. The summed E-state index contributed by atoms with van der Waals surface area (Å²) >= 11 is 0. The molecule has 2 aliphatic heterocycles. The van der Waals surface area contributed by atoms with E-state index in [4.69, 9.17) is 0 Å². The third kappa shape index (κ3) is 4.61. The fourth-order valence-corrected chi connectivity index (χ4v) is 3.45. The summed E-state index contributed by atoms with van der Waals surface area (Å²) in [5.74, 6) is -0.946. The molecule has 0 aliphatic carbocycles. The number of carboxylic acid groups (broad SMARTS) is 1. The van der Waals surface area contributed by atoms with Crippen LogP contribution in [0.3, 0.4) is 0 Å². The lowest BCUT2D eigenvalue weighted by Gasteiger charge is -2.38. The molecule has 0 saturated carbocycles. The molecule has 0 radical (unpaired) electrons. The highest BCUT2D eigenvalue weighted by Crippen LogP contribution is 2.24. The summed E-state index contributed by atoms with van der Waals surface area (Å²) in [5.41, 5.74) is 0. The number of urea groups is 1. The van der Waals surface area contributed by atoms with Gasteiger partial charge in [-0.3, -0.25) is 4.79 Å². The second-order valence-electron chi connectivity index (χ2n) is 7.25. The molecule has 0 aromatic rings. The van der Waals surface area contributed by atoms with E-state index in [1.807, 2.05) is 13.8 Å². The van der Waals surface area contributed by atoms with Crippen LogP contribution in [0.2, 0.25) is 0 Å². The molecule has 0 aromatic heterocycles. The maximum Gasteiger partial charge on any atom is 0.326 e. The van der Waals surface area contributed by atoms with Crippen LogP contribution < -0.4 is 5.32 Å². The van der Waals surface area contributed by atoms with Gasteiger partial charge in [-0.25, -0.2) is 9.59 Å². The van der Waals surface area contributed by atoms with E-state index in [1.165, 1.54) is 4.90 Å². The van der Waals surface area contributed by atoms with Crippen molar-refractivity contribution in [2.45, 2.75) is 52.0 Å². The summed E-state index contributed by atoms with van der Waals surface area (Å²) in [6.45, 7) is 6.21. The SMILES string of the molecule is CC(C)CNC(=O)N1CCCC(C(=O)N2CCCCC2C(=O)O)C1. The van der Waals surface area contributed by atoms with Crippen LogP contribution in [0, 0.1) is 11.8 Å². The Balaban J connectivity index is 1.96. The van der Waals surface area contributed by atoms with Gasteiger partial charge in [0.05, 0.1) is 5.92 Å². The summed E-state index contributed by atoms with van der Waals surface area (Å²) in [4.78, 5) is 39.6. The lowest BCUT2D eigenvalue weighted by atomic mass is 9.93. The monoisotopic (exact) mass is 339 g/mol. The number of aliphatic carboxylic acids is 1. The van der Waals surface area contributed by atoms with Crippen molar-refractivity contribution in [2.75, 3.05) is 26.2 Å². The van der Waals surface area contributed by atoms with E-state index in [0.717, 1.165) is 25.7 Å². The van der Waals surface area contributed by atoms with Crippen LogP contribution in [0.4, 0.5) is 4.79 Å². The molecule has 2 saturated heterocycles. The van der Waals surface area contributed by atoms with Gasteiger partial charge in [-0.1, -0.05) is 13.8 Å². The largest absolute Gasteiger partial charge is 0.480 e. The molecule has 7 heteroatoms. The van der Waals surface area contributed by atoms with E-state index < -0.39 is 12.0 Å². The molecule has 24 heavy (non-hydrogen) atoms. The highest BCUT2D eigenvalue weighted by Gasteiger charge is 2.37. The van der Waals surface area contributed by atoms with Crippen molar-refractivity contribution in [3.63, 3.8) is 0 Å². The first-order valence-corrected chi connectivity index (χ1v) is 8.96. The zero-order valence-corrected chi connectivity index (χ0v) is 14.7. The van der Waals surface area contributed by atoms with Gasteiger partial charge in [0.1, 0.15) is 6.04 Å². The molecule has 2 heterocycles. The van der Waals surface area contributed by atoms with Crippen LogP contribution in [0.15, 0.2) is 0 Å². The topological polar surface area (TPSA) is 90.0 Å². The van der Waals surface area contributed by atoms with E-state index in [2.05, 4.69) is 5.32 Å². The lowest BCUT2D eigenvalue weighted by molar-refractivity contribution is -0.154. The molecule has 136 valence electrons. The number of likely N-dealkylation sites (tertiary alicyclic amines) is 2. The second-order valence-corrected chi connectivity index (χ2v) is 7.25. The summed E-state index contributed by atoms with van der Waals surface area (Å²) in [6.07, 6.45) is 3.70. The Kier molecular flexibility index (Phi) is 6.45. The normalized spacial score (nSPS) is 24.8. The third-order valence-corrected chi connectivity index (χ3v) is 4.79. The maximum atomic E-state index is 12.8. The van der Waals surface area contributed by atoms with Gasteiger partial charge < -0.3 is 20.2 Å². The van der Waals surface area contributed by atoms with Crippen LogP contribution in [0.25, 0.3) is 0 Å². The van der Waals surface area contributed by atoms with E-state index in [1.54, 1.807) is 4.90 Å². The minimum Gasteiger partial charge on any atom is -0.480 e. The molecule has 2 unspecified atom stereocenters. The standard InChI is InChI=1S/C17H29N3O4/c1-12(2)10-18-17(24)19-8-5-6-13(11-19)15(21)20-9-4-3-7-14(20)16(22)23/h12-14H,3-11H2,1-2H3,(H,18,24)(H,22,23). The minimum atomic E-state index is -0.926. The quantitative estimate of drug-likeness (QED) is 0.813. The van der Waals surface area contributed by atoms with Gasteiger partial charge in [-0.05, 0) is 38.0 Å². The van der Waals surface area contributed by atoms with Gasteiger partial charge in [-0.15, -0.1) is 0 Å². The number of carboxylic acids is 1. The first-order chi connectivity index (χ1) is 11.4. The van der Waals surface area contributed by atoms with Crippen LogP contribution >= 0.6 is 0 Å². The van der Waals surface area contributed by atoms with Crippen LogP contribution in [0.5, 0.6) is 0 Å². The van der Waals surface area contributed by atoms with Crippen LogP contribution in [0.1, 0.15) is 46.0 Å². The Labute approximate surface area is 143 Å². The van der Waals surface area contributed by atoms with Gasteiger partial charge in [0.15, 0.2) is 0 Å². The summed E-state index contributed by atoms with van der Waals surface area (Å²) in [5, 5.41) is 12.2. The van der Waals surface area contributed by atoms with E-state index in [9.17, 15) is 19.5 Å². The Bertz CT molecular complexity index is 480. The molecule has 2 N–H and O–H groups in total. The number of carbonyl (C=O) groups is 3. The number of hydrogen-bond donors (Lipinski definition) is 2. The van der Waals surface area contributed by atoms with Gasteiger partial charge in [0, 0.05) is 26.2 Å². The number of piperidine rings is 2. The molecule has 0 bridgehead atoms. The molecule has 2 fully saturated rings. The van der Waals surface area contributed by atoms with Gasteiger partial charge in [-0.2, -0.15) is 0 Å². The zero-order chi connectivity index (χ0) is 17.7. The molecule has 2 aliphatic rings.